The van der Waals surface area contributed by atoms with Gasteiger partial charge in [0.25, 0.3) is 17.6 Å². The van der Waals surface area contributed by atoms with Gasteiger partial charge in [-0.05, 0) is 24.8 Å². The first-order valence-electron chi connectivity index (χ1n) is 5.09. The molecule has 1 amide bonds. The van der Waals surface area contributed by atoms with Gasteiger partial charge in [-0.15, -0.1) is 11.3 Å². The standard InChI is InChI=1S/C10H12N4O2S/c1-3-12-9(15)8-13-10(16-14-8)7-6(11)5(2)4-17-7/h4H,3,11H2,1-2H3,(H,12,15). The fourth-order valence-electron chi connectivity index (χ4n) is 1.27. The average molecular weight is 252 g/mol. The van der Waals surface area contributed by atoms with E-state index in [9.17, 15) is 4.79 Å². The van der Waals surface area contributed by atoms with Gasteiger partial charge in [0.1, 0.15) is 4.88 Å². The van der Waals surface area contributed by atoms with Crippen molar-refractivity contribution in [1.29, 1.82) is 0 Å². The van der Waals surface area contributed by atoms with E-state index in [0.717, 1.165) is 5.56 Å². The summed E-state index contributed by atoms with van der Waals surface area (Å²) in [6, 6.07) is 0. The van der Waals surface area contributed by atoms with Crippen molar-refractivity contribution in [2.24, 2.45) is 0 Å². The van der Waals surface area contributed by atoms with Gasteiger partial charge in [-0.2, -0.15) is 4.98 Å². The molecular formula is C10H12N4O2S. The third-order valence-electron chi connectivity index (χ3n) is 2.18. The molecule has 2 aromatic rings. The minimum atomic E-state index is -0.352. The Labute approximate surface area is 102 Å². The maximum atomic E-state index is 11.5. The Balaban J connectivity index is 2.30. The molecule has 2 aromatic heterocycles. The molecule has 0 spiro atoms. The molecule has 0 fully saturated rings. The van der Waals surface area contributed by atoms with Crippen LogP contribution >= 0.6 is 11.3 Å². The van der Waals surface area contributed by atoms with Crippen molar-refractivity contribution in [2.75, 3.05) is 12.3 Å². The first-order chi connectivity index (χ1) is 8.13. The smallest absolute Gasteiger partial charge is 0.292 e. The summed E-state index contributed by atoms with van der Waals surface area (Å²) >= 11 is 1.41. The van der Waals surface area contributed by atoms with E-state index in [2.05, 4.69) is 15.5 Å². The molecule has 90 valence electrons. The molecule has 0 aliphatic carbocycles. The fraction of sp³-hybridized carbons (Fsp3) is 0.300. The van der Waals surface area contributed by atoms with Crippen LogP contribution < -0.4 is 11.1 Å². The van der Waals surface area contributed by atoms with Gasteiger partial charge in [0.15, 0.2) is 0 Å². The lowest BCUT2D eigenvalue weighted by atomic mass is 10.3. The Morgan fingerprint density at radius 1 is 1.65 bits per heavy atom. The largest absolute Gasteiger partial charge is 0.397 e. The maximum absolute atomic E-state index is 11.5. The Hall–Kier alpha value is -1.89. The molecule has 7 heteroatoms. The van der Waals surface area contributed by atoms with Gasteiger partial charge in [-0.3, -0.25) is 4.79 Å². The van der Waals surface area contributed by atoms with Crippen molar-refractivity contribution < 1.29 is 9.32 Å². The number of hydrogen-bond donors (Lipinski definition) is 2. The third-order valence-corrected chi connectivity index (χ3v) is 3.29. The van der Waals surface area contributed by atoms with Crippen LogP contribution in [0.1, 0.15) is 23.1 Å². The summed E-state index contributed by atoms with van der Waals surface area (Å²) < 4.78 is 5.02. The maximum Gasteiger partial charge on any atom is 0.292 e. The number of nitrogens with two attached hydrogens (primary N) is 1. The monoisotopic (exact) mass is 252 g/mol. The van der Waals surface area contributed by atoms with E-state index in [1.807, 2.05) is 19.2 Å². The van der Waals surface area contributed by atoms with E-state index in [4.69, 9.17) is 10.3 Å². The predicted molar refractivity (Wildman–Crippen MR) is 64.8 cm³/mol. The molecule has 17 heavy (non-hydrogen) atoms. The summed E-state index contributed by atoms with van der Waals surface area (Å²) in [6.45, 7) is 4.23. The van der Waals surface area contributed by atoms with Crippen LogP contribution in [0.5, 0.6) is 0 Å². The van der Waals surface area contributed by atoms with Crippen LogP contribution in [0.4, 0.5) is 5.69 Å². The number of aryl methyl sites for hydroxylation is 1. The van der Waals surface area contributed by atoms with Gasteiger partial charge in [0.2, 0.25) is 0 Å². The highest BCUT2D eigenvalue weighted by Gasteiger charge is 2.18. The second kappa shape index (κ2) is 4.54. The van der Waals surface area contributed by atoms with Crippen LogP contribution in [0.3, 0.4) is 0 Å². The molecule has 0 unspecified atom stereocenters. The van der Waals surface area contributed by atoms with E-state index in [0.29, 0.717) is 17.1 Å². The van der Waals surface area contributed by atoms with E-state index < -0.39 is 0 Å². The molecule has 0 radical (unpaired) electrons. The van der Waals surface area contributed by atoms with Crippen LogP contribution in [-0.2, 0) is 0 Å². The highest BCUT2D eigenvalue weighted by molar-refractivity contribution is 7.14. The lowest BCUT2D eigenvalue weighted by Gasteiger charge is -1.94. The number of carbonyl (C=O) groups is 1. The second-order valence-corrected chi connectivity index (χ2v) is 4.32. The molecule has 0 saturated carbocycles. The zero-order chi connectivity index (χ0) is 12.4. The number of nitrogen functional groups attached to an aromatic ring is 1. The Morgan fingerprint density at radius 2 is 2.41 bits per heavy atom. The van der Waals surface area contributed by atoms with Crippen LogP contribution in [0.2, 0.25) is 0 Å². The second-order valence-electron chi connectivity index (χ2n) is 3.44. The normalized spacial score (nSPS) is 10.5. The fourth-order valence-corrected chi connectivity index (χ4v) is 2.16. The summed E-state index contributed by atoms with van der Waals surface area (Å²) in [7, 11) is 0. The van der Waals surface area contributed by atoms with Gasteiger partial charge in [0, 0.05) is 6.54 Å². The molecule has 2 heterocycles. The van der Waals surface area contributed by atoms with Gasteiger partial charge >= 0.3 is 0 Å². The number of anilines is 1. The molecule has 3 N–H and O–H groups in total. The summed E-state index contributed by atoms with van der Waals surface area (Å²) in [5, 5.41) is 8.11. The molecule has 0 aromatic carbocycles. The van der Waals surface area contributed by atoms with Crippen molar-refractivity contribution in [3.63, 3.8) is 0 Å². The molecule has 0 saturated heterocycles. The predicted octanol–water partition coefficient (Wildman–Crippen LogP) is 1.44. The van der Waals surface area contributed by atoms with Gasteiger partial charge in [-0.25, -0.2) is 0 Å². The minimum absolute atomic E-state index is 0.0207. The van der Waals surface area contributed by atoms with Crippen molar-refractivity contribution >= 4 is 22.9 Å². The summed E-state index contributed by atoms with van der Waals surface area (Å²) in [5.41, 5.74) is 7.43. The van der Waals surface area contributed by atoms with Crippen molar-refractivity contribution in [3.05, 3.63) is 16.8 Å². The van der Waals surface area contributed by atoms with Crippen molar-refractivity contribution in [1.82, 2.24) is 15.5 Å². The summed E-state index contributed by atoms with van der Waals surface area (Å²) in [6.07, 6.45) is 0. The third kappa shape index (κ3) is 2.14. The molecule has 0 bridgehead atoms. The molecule has 0 aliphatic rings. The van der Waals surface area contributed by atoms with Crippen LogP contribution in [0.25, 0.3) is 10.8 Å². The zero-order valence-corrected chi connectivity index (χ0v) is 10.3. The Kier molecular flexibility index (Phi) is 3.10. The highest BCUT2D eigenvalue weighted by Crippen LogP contribution is 2.33. The number of nitrogens with zero attached hydrogens (tertiary/aromatic N) is 2. The summed E-state index contributed by atoms with van der Waals surface area (Å²) in [4.78, 5) is 16.2. The molecule has 2 rings (SSSR count). The molecular weight excluding hydrogens is 240 g/mol. The number of hydrogen-bond acceptors (Lipinski definition) is 6. The Morgan fingerprint density at radius 3 is 3.00 bits per heavy atom. The van der Waals surface area contributed by atoms with Gasteiger partial charge in [0.05, 0.1) is 5.69 Å². The molecule has 0 atom stereocenters. The number of thiophene rings is 1. The van der Waals surface area contributed by atoms with Crippen LogP contribution in [-0.4, -0.2) is 22.6 Å². The average Bonchev–Trinajstić information content (AvgIpc) is 2.88. The van der Waals surface area contributed by atoms with Crippen LogP contribution in [0.15, 0.2) is 9.90 Å². The van der Waals surface area contributed by atoms with E-state index in [-0.39, 0.29) is 17.6 Å². The number of carbonyl (C=O) groups excluding carboxylic acids is 1. The number of aromatic nitrogens is 2. The molecule has 6 nitrogen and oxygen atoms in total. The van der Waals surface area contributed by atoms with Gasteiger partial charge in [-0.1, -0.05) is 5.16 Å². The van der Waals surface area contributed by atoms with Gasteiger partial charge < -0.3 is 15.6 Å². The zero-order valence-electron chi connectivity index (χ0n) is 9.48. The van der Waals surface area contributed by atoms with E-state index in [1.165, 1.54) is 11.3 Å². The minimum Gasteiger partial charge on any atom is -0.397 e. The number of amides is 1. The van der Waals surface area contributed by atoms with Crippen molar-refractivity contribution in [3.8, 4) is 10.8 Å². The Bertz CT molecular complexity index is 546. The van der Waals surface area contributed by atoms with E-state index in [1.54, 1.807) is 0 Å². The SMILES string of the molecule is CCNC(=O)c1noc(-c2scc(C)c2N)n1. The number of rotatable bonds is 3. The summed E-state index contributed by atoms with van der Waals surface area (Å²) in [5.74, 6) is -0.0523. The van der Waals surface area contributed by atoms with E-state index >= 15 is 0 Å². The van der Waals surface area contributed by atoms with Crippen LogP contribution in [0, 0.1) is 6.92 Å². The number of nitrogens with one attached hydrogen (secondary N) is 1. The van der Waals surface area contributed by atoms with Crippen molar-refractivity contribution in [2.45, 2.75) is 13.8 Å². The topological polar surface area (TPSA) is 94.0 Å². The lowest BCUT2D eigenvalue weighted by molar-refractivity contribution is 0.0942. The quantitative estimate of drug-likeness (QED) is 0.862. The molecule has 0 aliphatic heterocycles. The first-order valence-corrected chi connectivity index (χ1v) is 5.97. The highest BCUT2D eigenvalue weighted by atomic mass is 32.1. The first kappa shape index (κ1) is 11.6. The lowest BCUT2D eigenvalue weighted by Crippen LogP contribution is -2.23.